The van der Waals surface area contributed by atoms with E-state index >= 15 is 0 Å². The molecule has 1 aliphatic rings. The van der Waals surface area contributed by atoms with E-state index in [9.17, 15) is 4.79 Å². The van der Waals surface area contributed by atoms with Crippen LogP contribution in [0.4, 0.5) is 0 Å². The van der Waals surface area contributed by atoms with E-state index in [0.29, 0.717) is 6.42 Å². The van der Waals surface area contributed by atoms with Crippen molar-refractivity contribution < 1.29 is 4.79 Å². The molecule has 2 aromatic heterocycles. The van der Waals surface area contributed by atoms with Gasteiger partial charge in [0.2, 0.25) is 5.91 Å². The summed E-state index contributed by atoms with van der Waals surface area (Å²) in [5.41, 5.74) is 4.55. The van der Waals surface area contributed by atoms with Gasteiger partial charge < -0.3 is 14.0 Å². The summed E-state index contributed by atoms with van der Waals surface area (Å²) in [6.45, 7) is 5.76. The van der Waals surface area contributed by atoms with Crippen molar-refractivity contribution in [3.05, 3.63) is 53.6 Å². The van der Waals surface area contributed by atoms with Crippen LogP contribution in [0.3, 0.4) is 0 Å². The Morgan fingerprint density at radius 3 is 2.62 bits per heavy atom. The number of benzene rings is 1. The Morgan fingerprint density at radius 1 is 1.15 bits per heavy atom. The molecule has 1 amide bonds. The van der Waals surface area contributed by atoms with Gasteiger partial charge in [0, 0.05) is 37.9 Å². The van der Waals surface area contributed by atoms with E-state index in [2.05, 4.69) is 48.2 Å². The van der Waals surface area contributed by atoms with Crippen LogP contribution >= 0.6 is 0 Å². The largest absolute Gasteiger partial charge is 0.349 e. The molecule has 0 aliphatic carbocycles. The van der Waals surface area contributed by atoms with Gasteiger partial charge in [-0.3, -0.25) is 4.79 Å². The number of para-hydroxylation sites is 2. The van der Waals surface area contributed by atoms with Gasteiger partial charge in [0.05, 0.1) is 17.1 Å². The lowest BCUT2D eigenvalue weighted by molar-refractivity contribution is -0.132. The molecule has 1 aliphatic heterocycles. The van der Waals surface area contributed by atoms with Gasteiger partial charge in [0.15, 0.2) is 0 Å². The molecule has 5 heteroatoms. The van der Waals surface area contributed by atoms with Gasteiger partial charge >= 0.3 is 0 Å². The smallest absolute Gasteiger partial charge is 0.224 e. The molecule has 26 heavy (non-hydrogen) atoms. The first-order valence-electron chi connectivity index (χ1n) is 9.40. The Bertz CT molecular complexity index is 933. The number of carbonyl (C=O) groups is 1. The van der Waals surface area contributed by atoms with Crippen LogP contribution in [-0.2, 0) is 18.4 Å². The average molecular weight is 350 g/mol. The van der Waals surface area contributed by atoms with Crippen LogP contribution < -0.4 is 0 Å². The van der Waals surface area contributed by atoms with E-state index in [1.54, 1.807) is 0 Å². The highest BCUT2D eigenvalue weighted by Crippen LogP contribution is 2.33. The maximum Gasteiger partial charge on any atom is 0.224 e. The van der Waals surface area contributed by atoms with Crippen molar-refractivity contribution in [2.75, 3.05) is 6.54 Å². The minimum absolute atomic E-state index is 0.0896. The lowest BCUT2D eigenvalue weighted by atomic mass is 10.2. The second kappa shape index (κ2) is 6.63. The molecule has 0 spiro atoms. The summed E-state index contributed by atoms with van der Waals surface area (Å²) >= 11 is 0. The van der Waals surface area contributed by atoms with E-state index in [1.807, 2.05) is 23.1 Å². The van der Waals surface area contributed by atoms with Crippen molar-refractivity contribution in [1.82, 2.24) is 19.0 Å². The lowest BCUT2D eigenvalue weighted by Gasteiger charge is -2.25. The molecule has 0 saturated carbocycles. The van der Waals surface area contributed by atoms with Gasteiger partial charge in [-0.1, -0.05) is 12.1 Å². The van der Waals surface area contributed by atoms with Crippen LogP contribution in [0, 0.1) is 13.8 Å². The van der Waals surface area contributed by atoms with Crippen LogP contribution in [0.5, 0.6) is 0 Å². The van der Waals surface area contributed by atoms with Crippen LogP contribution in [-0.4, -0.2) is 31.5 Å². The molecule has 1 unspecified atom stereocenters. The first-order valence-corrected chi connectivity index (χ1v) is 9.40. The summed E-state index contributed by atoms with van der Waals surface area (Å²) in [6.07, 6.45) is 2.57. The van der Waals surface area contributed by atoms with Crippen molar-refractivity contribution in [1.29, 1.82) is 0 Å². The van der Waals surface area contributed by atoms with Crippen molar-refractivity contribution >= 4 is 16.9 Å². The molecule has 4 rings (SSSR count). The van der Waals surface area contributed by atoms with Crippen LogP contribution in [0.15, 0.2) is 36.4 Å². The number of amides is 1. The highest BCUT2D eigenvalue weighted by Gasteiger charge is 2.32. The van der Waals surface area contributed by atoms with E-state index < -0.39 is 0 Å². The van der Waals surface area contributed by atoms with Crippen molar-refractivity contribution in [3.8, 4) is 0 Å². The highest BCUT2D eigenvalue weighted by molar-refractivity contribution is 5.78. The lowest BCUT2D eigenvalue weighted by Crippen LogP contribution is -2.32. The molecule has 0 N–H and O–H groups in total. The molecule has 1 fully saturated rings. The fraction of sp³-hybridized carbons (Fsp3) is 0.429. The number of rotatable bonds is 4. The number of aromatic nitrogens is 3. The third-order valence-electron chi connectivity index (χ3n) is 5.66. The Labute approximate surface area is 154 Å². The topological polar surface area (TPSA) is 43.1 Å². The predicted octanol–water partition coefficient (Wildman–Crippen LogP) is 3.75. The zero-order valence-corrected chi connectivity index (χ0v) is 15.8. The summed E-state index contributed by atoms with van der Waals surface area (Å²) < 4.78 is 4.36. The average Bonchev–Trinajstić information content (AvgIpc) is 3.32. The fourth-order valence-corrected chi connectivity index (χ4v) is 4.20. The Hall–Kier alpha value is -2.56. The standard InChI is InChI=1S/C21H26N4O/c1-15-10-11-16(2)24(15)14-12-20(26)25-13-6-9-19(25)21-22-17-7-4-5-8-18(17)23(21)3/h4-5,7-8,10-11,19H,6,9,12-14H2,1-3H3. The number of hydrogen-bond donors (Lipinski definition) is 0. The van der Waals surface area contributed by atoms with Gasteiger partial charge in [-0.15, -0.1) is 0 Å². The molecule has 1 atom stereocenters. The third-order valence-corrected chi connectivity index (χ3v) is 5.66. The summed E-state index contributed by atoms with van der Waals surface area (Å²) in [7, 11) is 2.05. The Balaban J connectivity index is 1.54. The SMILES string of the molecule is Cc1ccc(C)n1CCC(=O)N1CCCC1c1nc2ccccc2n1C. The second-order valence-electron chi connectivity index (χ2n) is 7.28. The fourth-order valence-electron chi connectivity index (χ4n) is 4.20. The number of aryl methyl sites for hydroxylation is 3. The van der Waals surface area contributed by atoms with Gasteiger partial charge in [0.25, 0.3) is 0 Å². The molecule has 1 aromatic carbocycles. The summed E-state index contributed by atoms with van der Waals surface area (Å²) in [5.74, 6) is 1.23. The van der Waals surface area contributed by atoms with Crippen LogP contribution in [0.25, 0.3) is 11.0 Å². The molecular weight excluding hydrogens is 324 g/mol. The number of hydrogen-bond acceptors (Lipinski definition) is 2. The van der Waals surface area contributed by atoms with E-state index in [0.717, 1.165) is 42.8 Å². The zero-order valence-electron chi connectivity index (χ0n) is 15.8. The number of imidazole rings is 1. The van der Waals surface area contributed by atoms with Gasteiger partial charge in [0.1, 0.15) is 5.82 Å². The molecule has 3 heterocycles. The van der Waals surface area contributed by atoms with Gasteiger partial charge in [-0.2, -0.15) is 0 Å². The molecule has 136 valence electrons. The van der Waals surface area contributed by atoms with Gasteiger partial charge in [-0.25, -0.2) is 4.98 Å². The normalized spacial score (nSPS) is 17.3. The minimum atomic E-state index is 0.0896. The maximum absolute atomic E-state index is 12.9. The highest BCUT2D eigenvalue weighted by atomic mass is 16.2. The summed E-state index contributed by atoms with van der Waals surface area (Å²) in [6, 6.07) is 12.5. The van der Waals surface area contributed by atoms with E-state index in [1.165, 1.54) is 11.4 Å². The number of likely N-dealkylation sites (tertiary alicyclic amines) is 1. The third kappa shape index (κ3) is 2.81. The Morgan fingerprint density at radius 2 is 1.88 bits per heavy atom. The van der Waals surface area contributed by atoms with Crippen molar-refractivity contribution in [2.45, 2.75) is 45.7 Å². The number of nitrogens with zero attached hydrogens (tertiary/aromatic N) is 4. The summed E-state index contributed by atoms with van der Waals surface area (Å²) in [5, 5.41) is 0. The molecule has 0 bridgehead atoms. The molecule has 1 saturated heterocycles. The second-order valence-corrected chi connectivity index (χ2v) is 7.28. The van der Waals surface area contributed by atoms with Crippen LogP contribution in [0.2, 0.25) is 0 Å². The number of fused-ring (bicyclic) bond motifs is 1. The van der Waals surface area contributed by atoms with Crippen molar-refractivity contribution in [2.24, 2.45) is 7.05 Å². The van der Waals surface area contributed by atoms with E-state index in [4.69, 9.17) is 4.98 Å². The molecule has 0 radical (unpaired) electrons. The molecular formula is C21H26N4O. The quantitative estimate of drug-likeness (QED) is 0.719. The first kappa shape index (κ1) is 16.9. The summed E-state index contributed by atoms with van der Waals surface area (Å²) in [4.78, 5) is 19.8. The number of carbonyl (C=O) groups excluding carboxylic acids is 1. The maximum atomic E-state index is 12.9. The minimum Gasteiger partial charge on any atom is -0.349 e. The monoisotopic (exact) mass is 350 g/mol. The molecule has 5 nitrogen and oxygen atoms in total. The predicted molar refractivity (Wildman–Crippen MR) is 103 cm³/mol. The first-order chi connectivity index (χ1) is 12.6. The van der Waals surface area contributed by atoms with Crippen LogP contribution in [0.1, 0.15) is 42.5 Å². The van der Waals surface area contributed by atoms with E-state index in [-0.39, 0.29) is 11.9 Å². The van der Waals surface area contributed by atoms with Gasteiger partial charge in [-0.05, 0) is 51.0 Å². The Kier molecular flexibility index (Phi) is 4.31. The zero-order chi connectivity index (χ0) is 18.3. The molecule has 3 aromatic rings. The van der Waals surface area contributed by atoms with Crippen molar-refractivity contribution in [3.63, 3.8) is 0 Å².